The van der Waals surface area contributed by atoms with E-state index in [1.807, 2.05) is 11.8 Å². The maximum atomic E-state index is 10.2. The summed E-state index contributed by atoms with van der Waals surface area (Å²) in [5.74, 6) is 2.84. The van der Waals surface area contributed by atoms with Gasteiger partial charge in [0.15, 0.2) is 0 Å². The molecule has 1 N–H and O–H groups in total. The van der Waals surface area contributed by atoms with Gasteiger partial charge in [-0.05, 0) is 46.8 Å². The van der Waals surface area contributed by atoms with E-state index in [1.165, 1.54) is 23.3 Å². The lowest BCUT2D eigenvalue weighted by atomic mass is 9.86. The predicted octanol–water partition coefficient (Wildman–Crippen LogP) is 3.64. The fourth-order valence-corrected chi connectivity index (χ4v) is 3.73. The molecule has 2 atom stereocenters. The molecule has 0 aliphatic carbocycles. The number of hydrogen-bond donors (Lipinski definition) is 1. The molecule has 2 rings (SSSR count). The second kappa shape index (κ2) is 5.66. The minimum absolute atomic E-state index is 0.166. The summed E-state index contributed by atoms with van der Waals surface area (Å²) in [5, 5.41) is 10.2. The van der Waals surface area contributed by atoms with Gasteiger partial charge in [-0.25, -0.2) is 0 Å². The molecule has 18 heavy (non-hydrogen) atoms. The van der Waals surface area contributed by atoms with Crippen LogP contribution in [0, 0.1) is 5.92 Å². The SMILES string of the molecule is CC(C)(C)c1ccc(CC(O)C2CCSC2)cc1. The fourth-order valence-electron chi connectivity index (χ4n) is 2.41. The quantitative estimate of drug-likeness (QED) is 0.899. The van der Waals surface area contributed by atoms with Crippen LogP contribution < -0.4 is 0 Å². The summed E-state index contributed by atoms with van der Waals surface area (Å²) < 4.78 is 0. The summed E-state index contributed by atoms with van der Waals surface area (Å²) in [5.41, 5.74) is 2.82. The molecule has 1 aromatic carbocycles. The fraction of sp³-hybridized carbons (Fsp3) is 0.625. The highest BCUT2D eigenvalue weighted by molar-refractivity contribution is 7.99. The molecule has 0 bridgehead atoms. The highest BCUT2D eigenvalue weighted by atomic mass is 32.2. The average molecular weight is 264 g/mol. The van der Waals surface area contributed by atoms with Crippen LogP contribution in [0.25, 0.3) is 0 Å². The Bertz CT molecular complexity index is 371. The van der Waals surface area contributed by atoms with Crippen molar-refractivity contribution in [2.75, 3.05) is 11.5 Å². The van der Waals surface area contributed by atoms with Crippen molar-refractivity contribution in [3.63, 3.8) is 0 Å². The highest BCUT2D eigenvalue weighted by Gasteiger charge is 2.23. The zero-order valence-electron chi connectivity index (χ0n) is 11.6. The van der Waals surface area contributed by atoms with E-state index in [-0.39, 0.29) is 11.5 Å². The molecule has 0 amide bonds. The van der Waals surface area contributed by atoms with Gasteiger partial charge in [0.1, 0.15) is 0 Å². The summed E-state index contributed by atoms with van der Waals surface area (Å²) in [4.78, 5) is 0. The van der Waals surface area contributed by atoms with E-state index in [9.17, 15) is 5.11 Å². The molecule has 1 saturated heterocycles. The number of rotatable bonds is 3. The first-order valence-corrected chi connectivity index (χ1v) is 7.97. The zero-order chi connectivity index (χ0) is 13.2. The van der Waals surface area contributed by atoms with Crippen LogP contribution >= 0.6 is 11.8 Å². The molecular weight excluding hydrogens is 240 g/mol. The number of aliphatic hydroxyl groups is 1. The second-order valence-corrected chi connectivity index (χ2v) is 7.49. The highest BCUT2D eigenvalue weighted by Crippen LogP contribution is 2.28. The van der Waals surface area contributed by atoms with Crippen molar-refractivity contribution in [3.05, 3.63) is 35.4 Å². The van der Waals surface area contributed by atoms with Crippen molar-refractivity contribution < 1.29 is 5.11 Å². The van der Waals surface area contributed by atoms with Crippen molar-refractivity contribution in [2.24, 2.45) is 5.92 Å². The van der Waals surface area contributed by atoms with Gasteiger partial charge in [0.25, 0.3) is 0 Å². The molecule has 100 valence electrons. The Labute approximate surface area is 115 Å². The van der Waals surface area contributed by atoms with E-state index in [4.69, 9.17) is 0 Å². The van der Waals surface area contributed by atoms with Crippen LogP contribution in [0.2, 0.25) is 0 Å². The molecule has 0 saturated carbocycles. The topological polar surface area (TPSA) is 20.2 Å². The van der Waals surface area contributed by atoms with Crippen molar-refractivity contribution in [3.8, 4) is 0 Å². The van der Waals surface area contributed by atoms with E-state index in [0.717, 1.165) is 12.2 Å². The lowest BCUT2D eigenvalue weighted by molar-refractivity contribution is 0.120. The molecule has 1 aliphatic heterocycles. The molecule has 1 nitrogen and oxygen atoms in total. The smallest absolute Gasteiger partial charge is 0.0616 e. The van der Waals surface area contributed by atoms with Gasteiger partial charge in [0.05, 0.1) is 6.10 Å². The molecule has 0 spiro atoms. The summed E-state index contributed by atoms with van der Waals surface area (Å²) in [6.07, 6.45) is 1.81. The van der Waals surface area contributed by atoms with Crippen LogP contribution in [0.1, 0.15) is 38.3 Å². The first kappa shape index (κ1) is 14.0. The first-order valence-electron chi connectivity index (χ1n) is 6.82. The second-order valence-electron chi connectivity index (χ2n) is 6.34. The lowest BCUT2D eigenvalue weighted by Gasteiger charge is -2.20. The molecule has 1 aliphatic rings. The lowest BCUT2D eigenvalue weighted by Crippen LogP contribution is -2.22. The summed E-state index contributed by atoms with van der Waals surface area (Å²) in [7, 11) is 0. The van der Waals surface area contributed by atoms with Crippen LogP contribution in [0.3, 0.4) is 0 Å². The molecular formula is C16H24OS. The van der Waals surface area contributed by atoms with Crippen molar-refractivity contribution in [1.29, 1.82) is 0 Å². The van der Waals surface area contributed by atoms with E-state index < -0.39 is 0 Å². The predicted molar refractivity (Wildman–Crippen MR) is 80.3 cm³/mol. The summed E-state index contributed by atoms with van der Waals surface area (Å²) in [6, 6.07) is 8.74. The van der Waals surface area contributed by atoms with Crippen LogP contribution in [-0.2, 0) is 11.8 Å². The molecule has 0 aromatic heterocycles. The Morgan fingerprint density at radius 1 is 1.28 bits per heavy atom. The van der Waals surface area contributed by atoms with Crippen LogP contribution in [0.4, 0.5) is 0 Å². The maximum absolute atomic E-state index is 10.2. The Kier molecular flexibility index (Phi) is 4.39. The van der Waals surface area contributed by atoms with Gasteiger partial charge in [0.2, 0.25) is 0 Å². The molecule has 2 unspecified atom stereocenters. The van der Waals surface area contributed by atoms with Crippen molar-refractivity contribution in [2.45, 2.75) is 45.1 Å². The number of hydrogen-bond acceptors (Lipinski definition) is 2. The summed E-state index contributed by atoms with van der Waals surface area (Å²) in [6.45, 7) is 6.69. The normalized spacial score (nSPS) is 22.1. The standard InChI is InChI=1S/C16H24OS/c1-16(2,3)14-6-4-12(5-7-14)10-15(17)13-8-9-18-11-13/h4-7,13,15,17H,8-11H2,1-3H3. The molecule has 1 aromatic rings. The van der Waals surface area contributed by atoms with Gasteiger partial charge in [-0.1, -0.05) is 45.0 Å². The third kappa shape index (κ3) is 3.52. The van der Waals surface area contributed by atoms with Gasteiger partial charge in [-0.2, -0.15) is 11.8 Å². The minimum atomic E-state index is -0.166. The molecule has 1 fully saturated rings. The number of aliphatic hydroxyl groups excluding tert-OH is 1. The van der Waals surface area contributed by atoms with Crippen molar-refractivity contribution in [1.82, 2.24) is 0 Å². The van der Waals surface area contributed by atoms with Gasteiger partial charge >= 0.3 is 0 Å². The van der Waals surface area contributed by atoms with Gasteiger partial charge in [-0.3, -0.25) is 0 Å². The Hall–Kier alpha value is -0.470. The zero-order valence-corrected chi connectivity index (χ0v) is 12.5. The van der Waals surface area contributed by atoms with Crippen molar-refractivity contribution >= 4 is 11.8 Å². The van der Waals surface area contributed by atoms with Crippen LogP contribution in [-0.4, -0.2) is 22.7 Å². The van der Waals surface area contributed by atoms with E-state index in [0.29, 0.717) is 5.92 Å². The Balaban J connectivity index is 1.97. The average Bonchev–Trinajstić information content (AvgIpc) is 2.82. The van der Waals surface area contributed by atoms with Gasteiger partial charge < -0.3 is 5.11 Å². The Morgan fingerprint density at radius 2 is 1.94 bits per heavy atom. The van der Waals surface area contributed by atoms with Gasteiger partial charge in [-0.15, -0.1) is 0 Å². The largest absolute Gasteiger partial charge is 0.392 e. The molecule has 1 heterocycles. The molecule has 0 radical (unpaired) electrons. The van der Waals surface area contributed by atoms with Gasteiger partial charge in [0, 0.05) is 0 Å². The maximum Gasteiger partial charge on any atom is 0.0616 e. The van der Waals surface area contributed by atoms with Crippen LogP contribution in [0.5, 0.6) is 0 Å². The third-order valence-electron chi connectivity index (χ3n) is 3.77. The monoisotopic (exact) mass is 264 g/mol. The van der Waals surface area contributed by atoms with E-state index in [1.54, 1.807) is 0 Å². The number of thioether (sulfide) groups is 1. The summed E-state index contributed by atoms with van der Waals surface area (Å²) >= 11 is 1.97. The van der Waals surface area contributed by atoms with E-state index >= 15 is 0 Å². The Morgan fingerprint density at radius 3 is 2.44 bits per heavy atom. The third-order valence-corrected chi connectivity index (χ3v) is 4.96. The minimum Gasteiger partial charge on any atom is -0.392 e. The van der Waals surface area contributed by atoms with Crippen LogP contribution in [0.15, 0.2) is 24.3 Å². The van der Waals surface area contributed by atoms with E-state index in [2.05, 4.69) is 45.0 Å². The first-order chi connectivity index (χ1) is 8.47. The molecule has 2 heteroatoms. The number of benzene rings is 1.